The number of carbonyl (C=O) groups excluding carboxylic acids is 2. The molecule has 20 heavy (non-hydrogen) atoms. The van der Waals surface area contributed by atoms with E-state index in [1.165, 1.54) is 0 Å². The van der Waals surface area contributed by atoms with Gasteiger partial charge in [-0.25, -0.2) is 0 Å². The number of hydrogen-bond acceptors (Lipinski definition) is 2. The zero-order valence-corrected chi connectivity index (χ0v) is 12.3. The number of nitrogens with one attached hydrogen (secondary N) is 1. The third kappa shape index (κ3) is 3.18. The van der Waals surface area contributed by atoms with Gasteiger partial charge >= 0.3 is 0 Å². The van der Waals surface area contributed by atoms with Crippen molar-refractivity contribution in [3.8, 4) is 0 Å². The summed E-state index contributed by atoms with van der Waals surface area (Å²) < 4.78 is 0. The standard InChI is InChI=1S/C16H22N2O2/c1-4-18(5-2)16(20)14-10-13(14)15(19)17-12-8-6-11(3)7-9-12/h6-9,13-14H,4-5,10H2,1-3H3,(H,17,19). The van der Waals surface area contributed by atoms with Crippen molar-refractivity contribution in [1.29, 1.82) is 0 Å². The van der Waals surface area contributed by atoms with Gasteiger partial charge in [-0.3, -0.25) is 9.59 Å². The van der Waals surface area contributed by atoms with Gasteiger partial charge in [0, 0.05) is 18.8 Å². The maximum Gasteiger partial charge on any atom is 0.228 e. The number of anilines is 1. The van der Waals surface area contributed by atoms with Crippen LogP contribution in [0, 0.1) is 18.8 Å². The summed E-state index contributed by atoms with van der Waals surface area (Å²) in [5.74, 6) is -0.219. The van der Waals surface area contributed by atoms with Crippen molar-refractivity contribution in [2.75, 3.05) is 18.4 Å². The van der Waals surface area contributed by atoms with Gasteiger partial charge in [-0.2, -0.15) is 0 Å². The highest BCUT2D eigenvalue weighted by Gasteiger charge is 2.49. The van der Waals surface area contributed by atoms with Gasteiger partial charge in [-0.05, 0) is 39.3 Å². The fraction of sp³-hybridized carbons (Fsp3) is 0.500. The average Bonchev–Trinajstić information content (AvgIpc) is 3.23. The van der Waals surface area contributed by atoms with E-state index in [1.54, 1.807) is 4.90 Å². The average molecular weight is 274 g/mol. The van der Waals surface area contributed by atoms with Crippen LogP contribution in [-0.2, 0) is 9.59 Å². The molecule has 2 rings (SSSR count). The van der Waals surface area contributed by atoms with E-state index >= 15 is 0 Å². The Balaban J connectivity index is 1.90. The van der Waals surface area contributed by atoms with E-state index in [-0.39, 0.29) is 23.7 Å². The summed E-state index contributed by atoms with van der Waals surface area (Å²) in [6, 6.07) is 7.69. The molecule has 1 aromatic carbocycles. The monoisotopic (exact) mass is 274 g/mol. The number of carbonyl (C=O) groups is 2. The topological polar surface area (TPSA) is 49.4 Å². The van der Waals surface area contributed by atoms with Gasteiger partial charge in [0.05, 0.1) is 11.8 Å². The number of hydrogen-bond donors (Lipinski definition) is 1. The van der Waals surface area contributed by atoms with Gasteiger partial charge in [-0.1, -0.05) is 17.7 Å². The van der Waals surface area contributed by atoms with Crippen LogP contribution < -0.4 is 5.32 Å². The normalized spacial score (nSPS) is 20.4. The molecule has 0 radical (unpaired) electrons. The third-order valence-electron chi connectivity index (χ3n) is 3.84. The number of amides is 2. The highest BCUT2D eigenvalue weighted by Crippen LogP contribution is 2.40. The Kier molecular flexibility index (Phi) is 4.42. The van der Waals surface area contributed by atoms with Crippen molar-refractivity contribution >= 4 is 17.5 Å². The van der Waals surface area contributed by atoms with Crippen LogP contribution in [0.1, 0.15) is 25.8 Å². The van der Waals surface area contributed by atoms with E-state index in [0.29, 0.717) is 19.5 Å². The third-order valence-corrected chi connectivity index (χ3v) is 3.84. The molecule has 4 heteroatoms. The molecule has 2 unspecified atom stereocenters. The quantitative estimate of drug-likeness (QED) is 0.896. The Morgan fingerprint density at radius 1 is 1.15 bits per heavy atom. The molecule has 0 saturated heterocycles. The Hall–Kier alpha value is -1.84. The number of nitrogens with zero attached hydrogens (tertiary/aromatic N) is 1. The largest absolute Gasteiger partial charge is 0.343 e. The summed E-state index contributed by atoms with van der Waals surface area (Å²) in [5, 5.41) is 2.88. The minimum absolute atomic E-state index is 0.0423. The lowest BCUT2D eigenvalue weighted by molar-refractivity contribution is -0.133. The summed E-state index contributed by atoms with van der Waals surface area (Å²) in [7, 11) is 0. The van der Waals surface area contributed by atoms with Crippen LogP contribution in [0.25, 0.3) is 0 Å². The van der Waals surface area contributed by atoms with Crippen LogP contribution in [0.4, 0.5) is 5.69 Å². The fourth-order valence-corrected chi connectivity index (χ4v) is 2.40. The second-order valence-electron chi connectivity index (χ2n) is 5.31. The molecule has 0 spiro atoms. The first-order chi connectivity index (χ1) is 9.56. The van der Waals surface area contributed by atoms with Gasteiger partial charge in [0.2, 0.25) is 11.8 Å². The van der Waals surface area contributed by atoms with Crippen molar-refractivity contribution < 1.29 is 9.59 Å². The van der Waals surface area contributed by atoms with Crippen molar-refractivity contribution in [3.05, 3.63) is 29.8 Å². The minimum atomic E-state index is -0.163. The fourth-order valence-electron chi connectivity index (χ4n) is 2.40. The van der Waals surface area contributed by atoms with E-state index in [4.69, 9.17) is 0 Å². The first kappa shape index (κ1) is 14.6. The highest BCUT2D eigenvalue weighted by molar-refractivity contribution is 5.99. The first-order valence-electron chi connectivity index (χ1n) is 7.23. The van der Waals surface area contributed by atoms with Crippen molar-refractivity contribution in [2.24, 2.45) is 11.8 Å². The number of benzene rings is 1. The molecule has 0 aliphatic heterocycles. The molecular formula is C16H22N2O2. The number of aryl methyl sites for hydroxylation is 1. The molecule has 4 nitrogen and oxygen atoms in total. The second kappa shape index (κ2) is 6.07. The summed E-state index contributed by atoms with van der Waals surface area (Å²) >= 11 is 0. The summed E-state index contributed by atoms with van der Waals surface area (Å²) in [6.45, 7) is 7.35. The van der Waals surface area contributed by atoms with Crippen LogP contribution in [0.3, 0.4) is 0 Å². The Morgan fingerprint density at radius 3 is 2.30 bits per heavy atom. The SMILES string of the molecule is CCN(CC)C(=O)C1CC1C(=O)Nc1ccc(C)cc1. The summed E-state index contributed by atoms with van der Waals surface area (Å²) in [6.07, 6.45) is 0.674. The summed E-state index contributed by atoms with van der Waals surface area (Å²) in [5.41, 5.74) is 1.95. The van der Waals surface area contributed by atoms with Gasteiger partial charge in [0.15, 0.2) is 0 Å². The van der Waals surface area contributed by atoms with Crippen molar-refractivity contribution in [1.82, 2.24) is 4.90 Å². The molecular weight excluding hydrogens is 252 g/mol. The van der Waals surface area contributed by atoms with E-state index in [1.807, 2.05) is 45.0 Å². The molecule has 1 saturated carbocycles. The Morgan fingerprint density at radius 2 is 1.75 bits per heavy atom. The molecule has 1 fully saturated rings. The molecule has 2 amide bonds. The zero-order chi connectivity index (χ0) is 14.7. The van der Waals surface area contributed by atoms with Crippen LogP contribution in [0.5, 0.6) is 0 Å². The van der Waals surface area contributed by atoms with E-state index < -0.39 is 0 Å². The molecule has 108 valence electrons. The smallest absolute Gasteiger partial charge is 0.228 e. The summed E-state index contributed by atoms with van der Waals surface area (Å²) in [4.78, 5) is 26.0. The van der Waals surface area contributed by atoms with Gasteiger partial charge in [-0.15, -0.1) is 0 Å². The Bertz CT molecular complexity index is 492. The highest BCUT2D eigenvalue weighted by atomic mass is 16.2. The van der Waals surface area contributed by atoms with Crippen LogP contribution in [-0.4, -0.2) is 29.8 Å². The molecule has 2 atom stereocenters. The predicted molar refractivity (Wildman–Crippen MR) is 79.3 cm³/mol. The second-order valence-corrected chi connectivity index (χ2v) is 5.31. The van der Waals surface area contributed by atoms with Gasteiger partial charge < -0.3 is 10.2 Å². The predicted octanol–water partition coefficient (Wildman–Crippen LogP) is 2.44. The van der Waals surface area contributed by atoms with Crippen LogP contribution in [0.15, 0.2) is 24.3 Å². The van der Waals surface area contributed by atoms with Gasteiger partial charge in [0.1, 0.15) is 0 Å². The van der Waals surface area contributed by atoms with Crippen LogP contribution >= 0.6 is 0 Å². The molecule has 0 aromatic heterocycles. The van der Waals surface area contributed by atoms with Gasteiger partial charge in [0.25, 0.3) is 0 Å². The van der Waals surface area contributed by atoms with E-state index in [2.05, 4.69) is 5.32 Å². The lowest BCUT2D eigenvalue weighted by Crippen LogP contribution is -2.33. The molecule has 0 bridgehead atoms. The molecule has 0 heterocycles. The Labute approximate surface area is 120 Å². The minimum Gasteiger partial charge on any atom is -0.343 e. The maximum absolute atomic E-state index is 12.1. The first-order valence-corrected chi connectivity index (χ1v) is 7.23. The maximum atomic E-state index is 12.1. The zero-order valence-electron chi connectivity index (χ0n) is 12.3. The number of rotatable bonds is 5. The van der Waals surface area contributed by atoms with Crippen LogP contribution in [0.2, 0.25) is 0 Å². The van der Waals surface area contributed by atoms with E-state index in [9.17, 15) is 9.59 Å². The molecule has 1 aliphatic carbocycles. The van der Waals surface area contributed by atoms with Crippen molar-refractivity contribution in [3.63, 3.8) is 0 Å². The van der Waals surface area contributed by atoms with Crippen molar-refractivity contribution in [2.45, 2.75) is 27.2 Å². The lowest BCUT2D eigenvalue weighted by atomic mass is 10.2. The van der Waals surface area contributed by atoms with E-state index in [0.717, 1.165) is 11.3 Å². The lowest BCUT2D eigenvalue weighted by Gasteiger charge is -2.18. The molecule has 1 aromatic rings. The molecule has 1 N–H and O–H groups in total. The molecule has 1 aliphatic rings.